The molecule has 0 saturated carbocycles. The molecule has 3 N–H and O–H groups in total. The van der Waals surface area contributed by atoms with Gasteiger partial charge in [-0.3, -0.25) is 4.79 Å². The van der Waals surface area contributed by atoms with Crippen molar-refractivity contribution in [2.24, 2.45) is 11.7 Å². The van der Waals surface area contributed by atoms with Crippen LogP contribution >= 0.6 is 0 Å². The van der Waals surface area contributed by atoms with Gasteiger partial charge < -0.3 is 10.6 Å². The highest BCUT2D eigenvalue weighted by Crippen LogP contribution is 2.21. The van der Waals surface area contributed by atoms with E-state index in [9.17, 15) is 13.2 Å². The van der Waals surface area contributed by atoms with Crippen LogP contribution in [0.1, 0.15) is 50.4 Å². The number of amides is 1. The highest BCUT2D eigenvalue weighted by atomic mass is 32.2. The zero-order valence-corrected chi connectivity index (χ0v) is 16.1. The van der Waals surface area contributed by atoms with Crippen molar-refractivity contribution in [1.29, 1.82) is 0 Å². The molecule has 3 atom stereocenters. The fraction of sp³-hybridized carbons (Fsp3) is 0.611. The van der Waals surface area contributed by atoms with E-state index in [0.29, 0.717) is 24.4 Å². The normalized spacial score (nSPS) is 21.0. The molecule has 0 aromatic heterocycles. The maximum atomic E-state index is 12.7. The summed E-state index contributed by atoms with van der Waals surface area (Å²) in [5.41, 5.74) is 6.48. The van der Waals surface area contributed by atoms with Gasteiger partial charge in [0.15, 0.2) is 0 Å². The second kappa shape index (κ2) is 8.29. The molecular weight excluding hydrogens is 338 g/mol. The van der Waals surface area contributed by atoms with Crippen LogP contribution in [0.15, 0.2) is 29.2 Å². The first-order chi connectivity index (χ1) is 11.7. The van der Waals surface area contributed by atoms with Crippen molar-refractivity contribution in [3.8, 4) is 0 Å². The maximum Gasteiger partial charge on any atom is 0.253 e. The Kier molecular flexibility index (Phi) is 6.59. The number of piperidine rings is 1. The number of nitrogens with two attached hydrogens (primary N) is 1. The van der Waals surface area contributed by atoms with Crippen LogP contribution in [0.4, 0.5) is 0 Å². The number of sulfonamides is 1. The fourth-order valence-electron chi connectivity index (χ4n) is 3.00. The number of hydrogen-bond acceptors (Lipinski definition) is 4. The molecule has 1 aliphatic heterocycles. The lowest BCUT2D eigenvalue weighted by molar-refractivity contribution is 0.0661. The summed E-state index contributed by atoms with van der Waals surface area (Å²) in [6, 6.07) is 6.09. The molecule has 0 radical (unpaired) electrons. The molecule has 25 heavy (non-hydrogen) atoms. The molecule has 1 heterocycles. The molecule has 1 fully saturated rings. The molecule has 3 unspecified atom stereocenters. The summed E-state index contributed by atoms with van der Waals surface area (Å²) in [7, 11) is -3.55. The Morgan fingerprint density at radius 2 is 1.96 bits per heavy atom. The van der Waals surface area contributed by atoms with Crippen LogP contribution in [0.5, 0.6) is 0 Å². The Morgan fingerprint density at radius 3 is 2.52 bits per heavy atom. The first kappa shape index (κ1) is 19.9. The summed E-state index contributed by atoms with van der Waals surface area (Å²) in [6.45, 7) is 7.09. The number of rotatable bonds is 6. The Hall–Kier alpha value is -1.44. The van der Waals surface area contributed by atoms with Crippen molar-refractivity contribution >= 4 is 15.9 Å². The van der Waals surface area contributed by atoms with Gasteiger partial charge in [0.05, 0.1) is 4.90 Å². The third-order valence-corrected chi connectivity index (χ3v) is 6.47. The van der Waals surface area contributed by atoms with E-state index in [2.05, 4.69) is 4.72 Å². The average Bonchev–Trinajstić information content (AvgIpc) is 2.60. The third kappa shape index (κ3) is 5.03. The van der Waals surface area contributed by atoms with Gasteiger partial charge in [-0.15, -0.1) is 0 Å². The van der Waals surface area contributed by atoms with Crippen molar-refractivity contribution in [2.75, 3.05) is 13.1 Å². The van der Waals surface area contributed by atoms with E-state index in [1.165, 1.54) is 12.1 Å². The molecule has 140 valence electrons. The highest BCUT2D eigenvalue weighted by molar-refractivity contribution is 7.89. The highest BCUT2D eigenvalue weighted by Gasteiger charge is 2.26. The summed E-state index contributed by atoms with van der Waals surface area (Å²) in [4.78, 5) is 14.7. The predicted octanol–water partition coefficient (Wildman–Crippen LogP) is 1.96. The summed E-state index contributed by atoms with van der Waals surface area (Å²) in [5, 5.41) is 0. The maximum absolute atomic E-state index is 12.7. The molecule has 1 aromatic rings. The number of carbonyl (C=O) groups excluding carboxylic acids is 1. The quantitative estimate of drug-likeness (QED) is 0.804. The van der Waals surface area contributed by atoms with E-state index in [-0.39, 0.29) is 22.9 Å². The van der Waals surface area contributed by atoms with Gasteiger partial charge >= 0.3 is 0 Å². The molecule has 0 bridgehead atoms. The van der Waals surface area contributed by atoms with Crippen molar-refractivity contribution in [3.05, 3.63) is 29.8 Å². The predicted molar refractivity (Wildman–Crippen MR) is 98.8 cm³/mol. The first-order valence-corrected chi connectivity index (χ1v) is 10.4. The molecule has 6 nitrogen and oxygen atoms in total. The second-order valence-corrected chi connectivity index (χ2v) is 8.68. The zero-order chi connectivity index (χ0) is 18.6. The largest absolute Gasteiger partial charge is 0.338 e. The van der Waals surface area contributed by atoms with Crippen LogP contribution in [0.2, 0.25) is 0 Å². The number of nitrogens with zero attached hydrogens (tertiary/aromatic N) is 1. The number of benzene rings is 1. The lowest BCUT2D eigenvalue weighted by Gasteiger charge is -2.34. The molecular formula is C18H29N3O3S. The van der Waals surface area contributed by atoms with E-state index in [1.54, 1.807) is 12.1 Å². The van der Waals surface area contributed by atoms with Crippen LogP contribution in [-0.4, -0.2) is 44.4 Å². The molecule has 0 aliphatic carbocycles. The van der Waals surface area contributed by atoms with Crippen LogP contribution < -0.4 is 10.5 Å². The lowest BCUT2D eigenvalue weighted by atomic mass is 9.92. The van der Waals surface area contributed by atoms with Gasteiger partial charge in [-0.2, -0.15) is 0 Å². The number of hydrogen-bond donors (Lipinski definition) is 2. The van der Waals surface area contributed by atoms with E-state index < -0.39 is 10.0 Å². The van der Waals surface area contributed by atoms with Crippen molar-refractivity contribution in [2.45, 2.75) is 57.0 Å². The number of nitrogens with one attached hydrogen (secondary N) is 1. The molecule has 0 spiro atoms. The smallest absolute Gasteiger partial charge is 0.253 e. The van der Waals surface area contributed by atoms with Gasteiger partial charge in [-0.1, -0.05) is 6.92 Å². The van der Waals surface area contributed by atoms with Crippen molar-refractivity contribution in [3.63, 3.8) is 0 Å². The third-order valence-electron chi connectivity index (χ3n) is 4.87. The minimum atomic E-state index is -3.55. The molecule has 2 rings (SSSR count). The number of carbonyl (C=O) groups is 1. The van der Waals surface area contributed by atoms with E-state index >= 15 is 0 Å². The standard InChI is InChI=1S/C18H29N3O3S/c1-4-13(2)20-25(23,24)17-9-7-15(8-10-17)18(22)21-11-5-6-16(12-21)14(3)19/h7-10,13-14,16,20H,4-6,11-12,19H2,1-3H3. The first-order valence-electron chi connectivity index (χ1n) is 8.92. The van der Waals surface area contributed by atoms with Gasteiger partial charge in [0.25, 0.3) is 5.91 Å². The summed E-state index contributed by atoms with van der Waals surface area (Å²) >= 11 is 0. The van der Waals surface area contributed by atoms with E-state index in [4.69, 9.17) is 5.73 Å². The van der Waals surface area contributed by atoms with Gasteiger partial charge in [-0.05, 0) is 63.3 Å². The Labute approximate surface area is 150 Å². The zero-order valence-electron chi connectivity index (χ0n) is 15.2. The fourth-order valence-corrected chi connectivity index (χ4v) is 4.33. The van der Waals surface area contributed by atoms with E-state index in [1.807, 2.05) is 25.7 Å². The Morgan fingerprint density at radius 1 is 1.32 bits per heavy atom. The van der Waals surface area contributed by atoms with Crippen molar-refractivity contribution < 1.29 is 13.2 Å². The average molecular weight is 368 g/mol. The van der Waals surface area contributed by atoms with Gasteiger partial charge in [-0.25, -0.2) is 13.1 Å². The SMILES string of the molecule is CCC(C)NS(=O)(=O)c1ccc(C(=O)N2CCCC(C(C)N)C2)cc1. The summed E-state index contributed by atoms with van der Waals surface area (Å²) < 4.78 is 27.2. The molecule has 1 amide bonds. The molecule has 1 aliphatic rings. The van der Waals surface area contributed by atoms with Crippen LogP contribution in [0.25, 0.3) is 0 Å². The van der Waals surface area contributed by atoms with Crippen LogP contribution in [-0.2, 0) is 10.0 Å². The Bertz CT molecular complexity index is 686. The lowest BCUT2D eigenvalue weighted by Crippen LogP contribution is -2.45. The topological polar surface area (TPSA) is 92.5 Å². The molecule has 1 aromatic carbocycles. The van der Waals surface area contributed by atoms with E-state index in [0.717, 1.165) is 19.4 Å². The minimum absolute atomic E-state index is 0.0646. The van der Waals surface area contributed by atoms with Gasteiger partial charge in [0.2, 0.25) is 10.0 Å². The monoisotopic (exact) mass is 367 g/mol. The van der Waals surface area contributed by atoms with Gasteiger partial charge in [0.1, 0.15) is 0 Å². The van der Waals surface area contributed by atoms with Crippen molar-refractivity contribution in [1.82, 2.24) is 9.62 Å². The molecule has 7 heteroatoms. The summed E-state index contributed by atoms with van der Waals surface area (Å²) in [5.74, 6) is 0.251. The molecule has 1 saturated heterocycles. The van der Waals surface area contributed by atoms with Crippen LogP contribution in [0, 0.1) is 5.92 Å². The minimum Gasteiger partial charge on any atom is -0.338 e. The number of likely N-dealkylation sites (tertiary alicyclic amines) is 1. The second-order valence-electron chi connectivity index (χ2n) is 6.97. The van der Waals surface area contributed by atoms with Crippen LogP contribution in [0.3, 0.4) is 0 Å². The Balaban J connectivity index is 2.10. The van der Waals surface area contributed by atoms with Gasteiger partial charge in [0, 0.05) is 30.7 Å². The summed E-state index contributed by atoms with van der Waals surface area (Å²) in [6.07, 6.45) is 2.70.